The SMILES string of the molecule is COC(=O)C(N)C(C)(C)c1cccs1. The maximum absolute atomic E-state index is 11.3. The van der Waals surface area contributed by atoms with Crippen LogP contribution in [0.3, 0.4) is 0 Å². The fourth-order valence-electron chi connectivity index (χ4n) is 1.22. The summed E-state index contributed by atoms with van der Waals surface area (Å²) in [5.74, 6) is -0.372. The predicted molar refractivity (Wildman–Crippen MR) is 57.3 cm³/mol. The van der Waals surface area contributed by atoms with E-state index >= 15 is 0 Å². The minimum Gasteiger partial charge on any atom is -0.468 e. The van der Waals surface area contributed by atoms with Crippen molar-refractivity contribution in [1.82, 2.24) is 0 Å². The van der Waals surface area contributed by atoms with Crippen LogP contribution in [0.4, 0.5) is 0 Å². The van der Waals surface area contributed by atoms with Crippen LogP contribution in [0.2, 0.25) is 0 Å². The van der Waals surface area contributed by atoms with Crippen molar-refractivity contribution in [2.45, 2.75) is 25.3 Å². The zero-order chi connectivity index (χ0) is 10.8. The number of nitrogens with two attached hydrogens (primary N) is 1. The third-order valence-corrected chi connectivity index (χ3v) is 3.60. The first kappa shape index (κ1) is 11.2. The number of esters is 1. The normalized spacial score (nSPS) is 13.7. The Labute approximate surface area is 87.9 Å². The second-order valence-corrected chi connectivity index (χ2v) is 4.65. The smallest absolute Gasteiger partial charge is 0.323 e. The Morgan fingerprint density at radius 1 is 1.64 bits per heavy atom. The molecule has 14 heavy (non-hydrogen) atoms. The Kier molecular flexibility index (Phi) is 3.29. The summed E-state index contributed by atoms with van der Waals surface area (Å²) in [4.78, 5) is 12.4. The summed E-state index contributed by atoms with van der Waals surface area (Å²) >= 11 is 1.60. The van der Waals surface area contributed by atoms with Crippen molar-refractivity contribution in [1.29, 1.82) is 0 Å². The number of ether oxygens (including phenoxy) is 1. The van der Waals surface area contributed by atoms with Crippen LogP contribution in [0.15, 0.2) is 17.5 Å². The van der Waals surface area contributed by atoms with Gasteiger partial charge in [-0.05, 0) is 11.4 Å². The maximum Gasteiger partial charge on any atom is 0.323 e. The fraction of sp³-hybridized carbons (Fsp3) is 0.500. The lowest BCUT2D eigenvalue weighted by Crippen LogP contribution is -2.47. The fourth-order valence-corrected chi connectivity index (χ4v) is 2.11. The van der Waals surface area contributed by atoms with E-state index in [9.17, 15) is 4.79 Å². The molecule has 0 aliphatic carbocycles. The molecule has 1 rings (SSSR count). The second kappa shape index (κ2) is 4.11. The van der Waals surface area contributed by atoms with E-state index < -0.39 is 6.04 Å². The van der Waals surface area contributed by atoms with Gasteiger partial charge in [0.1, 0.15) is 6.04 Å². The van der Waals surface area contributed by atoms with Gasteiger partial charge in [0.15, 0.2) is 0 Å². The molecule has 4 heteroatoms. The Morgan fingerprint density at radius 2 is 2.29 bits per heavy atom. The van der Waals surface area contributed by atoms with Crippen LogP contribution in [0.25, 0.3) is 0 Å². The highest BCUT2D eigenvalue weighted by Gasteiger charge is 2.35. The molecule has 0 fully saturated rings. The molecule has 0 aromatic carbocycles. The quantitative estimate of drug-likeness (QED) is 0.775. The molecule has 0 aliphatic heterocycles. The van der Waals surface area contributed by atoms with Crippen molar-refractivity contribution in [2.24, 2.45) is 5.73 Å². The average molecular weight is 213 g/mol. The van der Waals surface area contributed by atoms with Crippen molar-refractivity contribution in [3.05, 3.63) is 22.4 Å². The van der Waals surface area contributed by atoms with E-state index in [1.54, 1.807) is 11.3 Å². The van der Waals surface area contributed by atoms with Crippen LogP contribution in [-0.4, -0.2) is 19.1 Å². The van der Waals surface area contributed by atoms with Crippen molar-refractivity contribution < 1.29 is 9.53 Å². The molecule has 0 bridgehead atoms. The lowest BCUT2D eigenvalue weighted by atomic mass is 9.83. The lowest BCUT2D eigenvalue weighted by Gasteiger charge is -2.28. The van der Waals surface area contributed by atoms with Crippen molar-refractivity contribution in [3.63, 3.8) is 0 Å². The largest absolute Gasteiger partial charge is 0.468 e. The monoisotopic (exact) mass is 213 g/mol. The Balaban J connectivity index is 2.90. The molecule has 0 saturated carbocycles. The summed E-state index contributed by atoms with van der Waals surface area (Å²) in [6.07, 6.45) is 0. The Bertz CT molecular complexity index is 306. The van der Waals surface area contributed by atoms with E-state index in [4.69, 9.17) is 5.73 Å². The van der Waals surface area contributed by atoms with E-state index in [0.717, 1.165) is 4.88 Å². The Morgan fingerprint density at radius 3 is 2.71 bits per heavy atom. The first-order valence-electron chi connectivity index (χ1n) is 4.37. The third-order valence-electron chi connectivity index (χ3n) is 2.39. The van der Waals surface area contributed by atoms with Crippen LogP contribution in [0, 0.1) is 0 Å². The summed E-state index contributed by atoms with van der Waals surface area (Å²) in [5, 5.41) is 1.97. The molecule has 3 nitrogen and oxygen atoms in total. The predicted octanol–water partition coefficient (Wildman–Crippen LogP) is 1.53. The van der Waals surface area contributed by atoms with Crippen LogP contribution >= 0.6 is 11.3 Å². The first-order valence-corrected chi connectivity index (χ1v) is 5.25. The molecular formula is C10H15NO2S. The highest BCUT2D eigenvalue weighted by atomic mass is 32.1. The minimum atomic E-state index is -0.619. The number of methoxy groups -OCH3 is 1. The minimum absolute atomic E-state index is 0.372. The molecule has 1 unspecified atom stereocenters. The van der Waals surface area contributed by atoms with E-state index in [1.165, 1.54) is 7.11 Å². The number of carbonyl (C=O) groups excluding carboxylic acids is 1. The topological polar surface area (TPSA) is 52.3 Å². The molecule has 1 atom stereocenters. The van der Waals surface area contributed by atoms with Gasteiger partial charge in [-0.2, -0.15) is 0 Å². The molecule has 0 amide bonds. The molecule has 78 valence electrons. The first-order chi connectivity index (χ1) is 6.50. The van der Waals surface area contributed by atoms with Crippen LogP contribution in [-0.2, 0) is 14.9 Å². The molecule has 2 N–H and O–H groups in total. The lowest BCUT2D eigenvalue weighted by molar-refractivity contribution is -0.143. The zero-order valence-corrected chi connectivity index (χ0v) is 9.43. The van der Waals surface area contributed by atoms with Crippen molar-refractivity contribution >= 4 is 17.3 Å². The van der Waals surface area contributed by atoms with Crippen LogP contribution in [0.1, 0.15) is 18.7 Å². The van der Waals surface area contributed by atoms with E-state index in [2.05, 4.69) is 4.74 Å². The standard InChI is InChI=1S/C10H15NO2S/c1-10(2,7-5-4-6-14-7)8(11)9(12)13-3/h4-6,8H,11H2,1-3H3. The number of hydrogen-bond donors (Lipinski definition) is 1. The van der Waals surface area contributed by atoms with Crippen molar-refractivity contribution in [2.75, 3.05) is 7.11 Å². The molecule has 0 radical (unpaired) electrons. The van der Waals surface area contributed by atoms with Gasteiger partial charge in [-0.25, -0.2) is 0 Å². The molecule has 1 heterocycles. The Hall–Kier alpha value is -0.870. The highest BCUT2D eigenvalue weighted by Crippen LogP contribution is 2.30. The van der Waals surface area contributed by atoms with Gasteiger partial charge in [0.2, 0.25) is 0 Å². The van der Waals surface area contributed by atoms with Gasteiger partial charge in [-0.1, -0.05) is 19.9 Å². The summed E-state index contributed by atoms with van der Waals surface area (Å²) in [6.45, 7) is 3.89. The van der Waals surface area contributed by atoms with Gasteiger partial charge in [-0.15, -0.1) is 11.3 Å². The van der Waals surface area contributed by atoms with E-state index in [-0.39, 0.29) is 11.4 Å². The molecule has 1 aromatic rings. The highest BCUT2D eigenvalue weighted by molar-refractivity contribution is 7.10. The molecule has 0 spiro atoms. The van der Waals surface area contributed by atoms with Gasteiger partial charge in [0, 0.05) is 10.3 Å². The van der Waals surface area contributed by atoms with E-state index in [0.29, 0.717) is 0 Å². The van der Waals surface area contributed by atoms with Crippen LogP contribution < -0.4 is 5.73 Å². The van der Waals surface area contributed by atoms with Gasteiger partial charge < -0.3 is 10.5 Å². The molecule has 0 aliphatic rings. The summed E-state index contributed by atoms with van der Waals surface area (Å²) in [6, 6.07) is 3.31. The van der Waals surface area contributed by atoms with Crippen LogP contribution in [0.5, 0.6) is 0 Å². The number of rotatable bonds is 3. The summed E-state index contributed by atoms with van der Waals surface area (Å²) in [5.41, 5.74) is 5.46. The number of thiophene rings is 1. The zero-order valence-electron chi connectivity index (χ0n) is 8.61. The van der Waals surface area contributed by atoms with E-state index in [1.807, 2.05) is 31.4 Å². The van der Waals surface area contributed by atoms with Gasteiger partial charge in [-0.3, -0.25) is 4.79 Å². The van der Waals surface area contributed by atoms with Gasteiger partial charge in [0.05, 0.1) is 7.11 Å². The number of carbonyl (C=O) groups is 1. The molecular weight excluding hydrogens is 198 g/mol. The summed E-state index contributed by atoms with van der Waals surface area (Å²) in [7, 11) is 1.35. The van der Waals surface area contributed by atoms with Gasteiger partial charge >= 0.3 is 5.97 Å². The molecule has 0 saturated heterocycles. The van der Waals surface area contributed by atoms with Gasteiger partial charge in [0.25, 0.3) is 0 Å². The number of hydrogen-bond acceptors (Lipinski definition) is 4. The molecule has 1 aromatic heterocycles. The van der Waals surface area contributed by atoms with Crippen molar-refractivity contribution in [3.8, 4) is 0 Å². The average Bonchev–Trinajstić information content (AvgIpc) is 2.68. The maximum atomic E-state index is 11.3. The second-order valence-electron chi connectivity index (χ2n) is 3.70. The third kappa shape index (κ3) is 1.96. The summed E-state index contributed by atoms with van der Waals surface area (Å²) < 4.78 is 4.64.